The van der Waals surface area contributed by atoms with Crippen LogP contribution in [0.1, 0.15) is 29.4 Å². The smallest absolute Gasteiger partial charge is 0.356 e. The van der Waals surface area contributed by atoms with Gasteiger partial charge in [-0.3, -0.25) is 0 Å². The minimum Gasteiger partial charge on any atom is -0.476 e. The summed E-state index contributed by atoms with van der Waals surface area (Å²) in [6.07, 6.45) is 5.04. The standard InChI is InChI=1S/C10H11N3O2/c1-2-3-7-4-8-9(10(14)15)11-6-12-13(8)5-7/h4-6H,2-3H2,1H3,(H,14,15). The third-order valence-electron chi connectivity index (χ3n) is 2.20. The van der Waals surface area contributed by atoms with Crippen molar-refractivity contribution in [2.75, 3.05) is 0 Å². The van der Waals surface area contributed by atoms with Gasteiger partial charge in [0, 0.05) is 6.20 Å². The molecular weight excluding hydrogens is 194 g/mol. The Balaban J connectivity index is 2.59. The maximum atomic E-state index is 10.9. The summed E-state index contributed by atoms with van der Waals surface area (Å²) in [5.74, 6) is -1.02. The number of aromatic carboxylic acids is 1. The summed E-state index contributed by atoms with van der Waals surface area (Å²) in [7, 11) is 0. The number of carboxylic acids is 1. The Bertz CT molecular complexity index is 504. The molecule has 0 aliphatic heterocycles. The molecule has 0 aliphatic rings. The molecule has 0 bridgehead atoms. The van der Waals surface area contributed by atoms with E-state index in [0.717, 1.165) is 18.4 Å². The lowest BCUT2D eigenvalue weighted by Crippen LogP contribution is -2.04. The summed E-state index contributed by atoms with van der Waals surface area (Å²) in [4.78, 5) is 14.6. The average molecular weight is 205 g/mol. The van der Waals surface area contributed by atoms with Gasteiger partial charge in [0.05, 0.1) is 5.52 Å². The normalized spacial score (nSPS) is 10.7. The van der Waals surface area contributed by atoms with Crippen molar-refractivity contribution in [3.8, 4) is 0 Å². The first-order valence-electron chi connectivity index (χ1n) is 4.78. The molecule has 0 amide bonds. The molecule has 2 heterocycles. The van der Waals surface area contributed by atoms with Gasteiger partial charge in [-0.1, -0.05) is 13.3 Å². The van der Waals surface area contributed by atoms with Crippen molar-refractivity contribution < 1.29 is 9.90 Å². The second-order valence-electron chi connectivity index (χ2n) is 3.34. The van der Waals surface area contributed by atoms with Crippen LogP contribution in [0.5, 0.6) is 0 Å². The maximum absolute atomic E-state index is 10.9. The van der Waals surface area contributed by atoms with Crippen molar-refractivity contribution in [3.05, 3.63) is 29.8 Å². The molecule has 1 N–H and O–H groups in total. The van der Waals surface area contributed by atoms with Crippen molar-refractivity contribution in [1.29, 1.82) is 0 Å². The van der Waals surface area contributed by atoms with E-state index >= 15 is 0 Å². The predicted octanol–water partition coefficient (Wildman–Crippen LogP) is 1.38. The Kier molecular flexibility index (Phi) is 2.37. The number of carbonyl (C=O) groups is 1. The highest BCUT2D eigenvalue weighted by Crippen LogP contribution is 2.13. The molecule has 0 aromatic carbocycles. The monoisotopic (exact) mass is 205 g/mol. The van der Waals surface area contributed by atoms with E-state index in [1.807, 2.05) is 12.3 Å². The van der Waals surface area contributed by atoms with Crippen LogP contribution < -0.4 is 0 Å². The van der Waals surface area contributed by atoms with Crippen LogP contribution in [0.25, 0.3) is 5.52 Å². The number of aryl methyl sites for hydroxylation is 1. The highest BCUT2D eigenvalue weighted by atomic mass is 16.4. The Labute approximate surface area is 86.4 Å². The molecule has 0 atom stereocenters. The molecule has 0 aliphatic carbocycles. The van der Waals surface area contributed by atoms with Crippen molar-refractivity contribution in [1.82, 2.24) is 14.6 Å². The van der Waals surface area contributed by atoms with Crippen molar-refractivity contribution in [2.45, 2.75) is 19.8 Å². The van der Waals surface area contributed by atoms with E-state index in [9.17, 15) is 4.79 Å². The summed E-state index contributed by atoms with van der Waals surface area (Å²) >= 11 is 0. The fourth-order valence-electron chi connectivity index (χ4n) is 1.57. The Hall–Kier alpha value is -1.91. The number of aromatic nitrogens is 3. The largest absolute Gasteiger partial charge is 0.476 e. The van der Waals surface area contributed by atoms with Crippen molar-refractivity contribution in [2.24, 2.45) is 0 Å². The number of fused-ring (bicyclic) bond motifs is 1. The van der Waals surface area contributed by atoms with Crippen LogP contribution in [0.3, 0.4) is 0 Å². The van der Waals surface area contributed by atoms with Gasteiger partial charge in [0.25, 0.3) is 0 Å². The molecule has 0 unspecified atom stereocenters. The molecule has 0 fully saturated rings. The first-order valence-corrected chi connectivity index (χ1v) is 4.78. The van der Waals surface area contributed by atoms with Crippen LogP contribution in [0, 0.1) is 0 Å². The van der Waals surface area contributed by atoms with Gasteiger partial charge in [0.1, 0.15) is 6.33 Å². The van der Waals surface area contributed by atoms with Gasteiger partial charge in [0.2, 0.25) is 0 Å². The minimum absolute atomic E-state index is 0.0485. The van der Waals surface area contributed by atoms with Crippen LogP contribution in [0.15, 0.2) is 18.6 Å². The average Bonchev–Trinajstić information content (AvgIpc) is 2.59. The van der Waals surface area contributed by atoms with Gasteiger partial charge >= 0.3 is 5.97 Å². The molecule has 5 heteroatoms. The molecule has 0 saturated carbocycles. The van der Waals surface area contributed by atoms with Crippen LogP contribution in [0.2, 0.25) is 0 Å². The topological polar surface area (TPSA) is 67.5 Å². The third-order valence-corrected chi connectivity index (χ3v) is 2.20. The fraction of sp³-hybridized carbons (Fsp3) is 0.300. The maximum Gasteiger partial charge on any atom is 0.356 e. The van der Waals surface area contributed by atoms with E-state index in [2.05, 4.69) is 17.0 Å². The summed E-state index contributed by atoms with van der Waals surface area (Å²) in [5, 5.41) is 12.9. The first kappa shape index (κ1) is 9.64. The van der Waals surface area contributed by atoms with Gasteiger partial charge < -0.3 is 5.11 Å². The van der Waals surface area contributed by atoms with Crippen LogP contribution in [-0.4, -0.2) is 25.7 Å². The number of carboxylic acid groups (broad SMARTS) is 1. The number of hydrogen-bond donors (Lipinski definition) is 1. The molecule has 5 nitrogen and oxygen atoms in total. The molecule has 0 saturated heterocycles. The van der Waals surface area contributed by atoms with Crippen LogP contribution >= 0.6 is 0 Å². The third kappa shape index (κ3) is 1.68. The lowest BCUT2D eigenvalue weighted by atomic mass is 10.2. The Morgan fingerprint density at radius 2 is 2.40 bits per heavy atom. The zero-order valence-electron chi connectivity index (χ0n) is 8.34. The number of hydrogen-bond acceptors (Lipinski definition) is 3. The van der Waals surface area contributed by atoms with Gasteiger partial charge in [-0.15, -0.1) is 0 Å². The lowest BCUT2D eigenvalue weighted by molar-refractivity contribution is 0.0692. The summed E-state index contributed by atoms with van der Waals surface area (Å²) in [6, 6.07) is 1.83. The van der Waals surface area contributed by atoms with Gasteiger partial charge in [0.15, 0.2) is 5.69 Å². The zero-order chi connectivity index (χ0) is 10.8. The van der Waals surface area contributed by atoms with Crippen molar-refractivity contribution >= 4 is 11.5 Å². The summed E-state index contributed by atoms with van der Waals surface area (Å²) in [6.45, 7) is 2.08. The van der Waals surface area contributed by atoms with E-state index in [1.165, 1.54) is 6.33 Å². The van der Waals surface area contributed by atoms with Gasteiger partial charge in [-0.2, -0.15) is 5.10 Å². The molecular formula is C10H11N3O2. The second kappa shape index (κ2) is 3.68. The SMILES string of the molecule is CCCc1cc2c(C(=O)O)ncnn2c1. The highest BCUT2D eigenvalue weighted by molar-refractivity contribution is 5.93. The van der Waals surface area contributed by atoms with E-state index in [0.29, 0.717) is 5.52 Å². The van der Waals surface area contributed by atoms with E-state index in [-0.39, 0.29) is 5.69 Å². The Morgan fingerprint density at radius 1 is 1.60 bits per heavy atom. The second-order valence-corrected chi connectivity index (χ2v) is 3.34. The van der Waals surface area contributed by atoms with Crippen LogP contribution in [-0.2, 0) is 6.42 Å². The van der Waals surface area contributed by atoms with E-state index in [1.54, 1.807) is 4.52 Å². The quantitative estimate of drug-likeness (QED) is 0.821. The highest BCUT2D eigenvalue weighted by Gasteiger charge is 2.12. The predicted molar refractivity (Wildman–Crippen MR) is 53.9 cm³/mol. The minimum atomic E-state index is -1.02. The molecule has 2 aromatic rings. The molecule has 2 rings (SSSR count). The summed E-state index contributed by atoms with van der Waals surface area (Å²) < 4.78 is 1.56. The molecule has 2 aromatic heterocycles. The first-order chi connectivity index (χ1) is 7.22. The van der Waals surface area contributed by atoms with Crippen molar-refractivity contribution in [3.63, 3.8) is 0 Å². The van der Waals surface area contributed by atoms with Gasteiger partial charge in [-0.25, -0.2) is 14.3 Å². The number of rotatable bonds is 3. The fourth-order valence-corrected chi connectivity index (χ4v) is 1.57. The molecule has 0 spiro atoms. The van der Waals surface area contributed by atoms with E-state index < -0.39 is 5.97 Å². The molecule has 15 heavy (non-hydrogen) atoms. The Morgan fingerprint density at radius 3 is 3.07 bits per heavy atom. The molecule has 78 valence electrons. The summed E-state index contributed by atoms with van der Waals surface area (Å²) in [5.41, 5.74) is 1.68. The van der Waals surface area contributed by atoms with Crippen LogP contribution in [0.4, 0.5) is 0 Å². The zero-order valence-corrected chi connectivity index (χ0v) is 8.34. The lowest BCUT2D eigenvalue weighted by Gasteiger charge is -1.95. The van der Waals surface area contributed by atoms with Gasteiger partial charge in [-0.05, 0) is 18.1 Å². The number of nitrogens with zero attached hydrogens (tertiary/aromatic N) is 3. The van der Waals surface area contributed by atoms with E-state index in [4.69, 9.17) is 5.11 Å². The molecule has 0 radical (unpaired) electrons.